The van der Waals surface area contributed by atoms with Crippen LogP contribution in [-0.2, 0) is 0 Å². The van der Waals surface area contributed by atoms with Crippen LogP contribution >= 0.6 is 23.2 Å². The molecule has 0 saturated carbocycles. The van der Waals surface area contributed by atoms with Gasteiger partial charge < -0.3 is 15.6 Å². The van der Waals surface area contributed by atoms with Gasteiger partial charge in [-0.15, -0.1) is 0 Å². The van der Waals surface area contributed by atoms with Gasteiger partial charge in [0.15, 0.2) is 0 Å². The first-order chi connectivity index (χ1) is 15.1. The first-order valence-electron chi connectivity index (χ1n) is 9.72. The molecule has 5 aromatic rings. The minimum absolute atomic E-state index is 0.142. The standard InChI is InChI=1S/C25H17Cl2N3O/c26-18-7-1-3-9-21(18)28-15-12-13-20-17(14-15)24-16(25(31)30-20)6-5-11-23(24)29-22-10-4-2-8-19(22)27/h1-14,28-29H,(H,30,31). The van der Waals surface area contributed by atoms with Crippen molar-refractivity contribution < 1.29 is 0 Å². The molecule has 6 heteroatoms. The third-order valence-corrected chi connectivity index (χ3v) is 5.80. The summed E-state index contributed by atoms with van der Waals surface area (Å²) < 4.78 is 0. The van der Waals surface area contributed by atoms with E-state index in [0.29, 0.717) is 15.4 Å². The Morgan fingerprint density at radius 2 is 1.29 bits per heavy atom. The zero-order valence-corrected chi connectivity index (χ0v) is 17.8. The van der Waals surface area contributed by atoms with Crippen molar-refractivity contribution >= 4 is 67.6 Å². The normalized spacial score (nSPS) is 11.0. The second-order valence-electron chi connectivity index (χ2n) is 7.15. The van der Waals surface area contributed by atoms with Gasteiger partial charge in [0, 0.05) is 33.1 Å². The van der Waals surface area contributed by atoms with E-state index in [1.807, 2.05) is 84.9 Å². The summed E-state index contributed by atoms with van der Waals surface area (Å²) in [7, 11) is 0. The molecule has 0 bridgehead atoms. The molecule has 0 atom stereocenters. The highest BCUT2D eigenvalue weighted by Gasteiger charge is 2.12. The fourth-order valence-corrected chi connectivity index (χ4v) is 4.06. The number of fused-ring (bicyclic) bond motifs is 3. The van der Waals surface area contributed by atoms with Gasteiger partial charge in [0.1, 0.15) is 0 Å². The van der Waals surface area contributed by atoms with Crippen LogP contribution in [0.2, 0.25) is 10.0 Å². The third-order valence-electron chi connectivity index (χ3n) is 5.14. The SMILES string of the molecule is O=c1[nH]c2ccc(Nc3ccccc3Cl)cc2c2c(Nc3ccccc3Cl)cccc12. The zero-order chi connectivity index (χ0) is 21.4. The molecule has 31 heavy (non-hydrogen) atoms. The summed E-state index contributed by atoms with van der Waals surface area (Å²) in [5.41, 5.74) is 3.85. The number of hydrogen-bond donors (Lipinski definition) is 3. The molecule has 0 fully saturated rings. The fraction of sp³-hybridized carbons (Fsp3) is 0. The first-order valence-corrected chi connectivity index (χ1v) is 10.5. The van der Waals surface area contributed by atoms with Crippen LogP contribution in [-0.4, -0.2) is 4.98 Å². The summed E-state index contributed by atoms with van der Waals surface area (Å²) in [6.45, 7) is 0. The Hall–Kier alpha value is -3.47. The summed E-state index contributed by atoms with van der Waals surface area (Å²) in [6.07, 6.45) is 0. The first kappa shape index (κ1) is 19.5. The molecule has 0 saturated heterocycles. The topological polar surface area (TPSA) is 56.9 Å². The molecule has 4 aromatic carbocycles. The van der Waals surface area contributed by atoms with Gasteiger partial charge in [-0.2, -0.15) is 0 Å². The number of benzene rings is 4. The Kier molecular flexibility index (Phi) is 5.02. The van der Waals surface area contributed by atoms with Crippen LogP contribution in [0, 0.1) is 0 Å². The van der Waals surface area contributed by atoms with Gasteiger partial charge in [-0.05, 0) is 54.6 Å². The lowest BCUT2D eigenvalue weighted by atomic mass is 10.0. The Labute approximate surface area is 188 Å². The van der Waals surface area contributed by atoms with E-state index in [2.05, 4.69) is 15.6 Å². The maximum atomic E-state index is 12.7. The molecule has 0 aliphatic carbocycles. The van der Waals surface area contributed by atoms with Crippen molar-refractivity contribution in [3.63, 3.8) is 0 Å². The van der Waals surface area contributed by atoms with E-state index in [0.717, 1.165) is 39.0 Å². The maximum absolute atomic E-state index is 12.7. The number of halogens is 2. The second-order valence-corrected chi connectivity index (χ2v) is 7.97. The van der Waals surface area contributed by atoms with Crippen molar-refractivity contribution in [2.24, 2.45) is 0 Å². The van der Waals surface area contributed by atoms with Gasteiger partial charge in [-0.1, -0.05) is 53.5 Å². The minimum Gasteiger partial charge on any atom is -0.354 e. The van der Waals surface area contributed by atoms with E-state index in [4.69, 9.17) is 23.2 Å². The molecule has 0 unspecified atom stereocenters. The molecule has 1 aromatic heterocycles. The monoisotopic (exact) mass is 445 g/mol. The minimum atomic E-state index is -0.142. The smallest absolute Gasteiger partial charge is 0.256 e. The van der Waals surface area contributed by atoms with Gasteiger partial charge in [0.25, 0.3) is 5.56 Å². The summed E-state index contributed by atoms with van der Waals surface area (Å²) in [5, 5.41) is 10.3. The molecular formula is C25H17Cl2N3O. The Balaban J connectivity index is 1.70. The van der Waals surface area contributed by atoms with Crippen LogP contribution in [0.25, 0.3) is 21.7 Å². The number of H-pyrrole nitrogens is 1. The molecule has 1 heterocycles. The molecule has 3 N–H and O–H groups in total. The number of para-hydroxylation sites is 2. The number of aromatic nitrogens is 1. The average molecular weight is 446 g/mol. The maximum Gasteiger partial charge on any atom is 0.256 e. The van der Waals surface area contributed by atoms with Gasteiger partial charge in [0.2, 0.25) is 0 Å². The molecule has 0 aliphatic rings. The molecule has 0 radical (unpaired) electrons. The molecule has 5 rings (SSSR count). The van der Waals surface area contributed by atoms with Crippen LogP contribution < -0.4 is 16.2 Å². The zero-order valence-electron chi connectivity index (χ0n) is 16.2. The van der Waals surface area contributed by atoms with Crippen LogP contribution in [0.4, 0.5) is 22.7 Å². The highest BCUT2D eigenvalue weighted by atomic mass is 35.5. The number of anilines is 4. The second kappa shape index (κ2) is 7.99. The highest BCUT2D eigenvalue weighted by Crippen LogP contribution is 2.34. The van der Waals surface area contributed by atoms with Crippen molar-refractivity contribution in [2.75, 3.05) is 10.6 Å². The van der Waals surface area contributed by atoms with Gasteiger partial charge in [-0.25, -0.2) is 0 Å². The Morgan fingerprint density at radius 3 is 2.00 bits per heavy atom. The summed E-state index contributed by atoms with van der Waals surface area (Å²) in [5.74, 6) is 0. The molecule has 0 spiro atoms. The van der Waals surface area contributed by atoms with Crippen molar-refractivity contribution in [1.29, 1.82) is 0 Å². The predicted molar refractivity (Wildman–Crippen MR) is 132 cm³/mol. The number of pyridine rings is 1. The van der Waals surface area contributed by atoms with Crippen LogP contribution in [0.3, 0.4) is 0 Å². The third kappa shape index (κ3) is 3.72. The number of hydrogen-bond acceptors (Lipinski definition) is 3. The van der Waals surface area contributed by atoms with Crippen molar-refractivity contribution in [1.82, 2.24) is 4.98 Å². The largest absolute Gasteiger partial charge is 0.354 e. The van der Waals surface area contributed by atoms with Crippen molar-refractivity contribution in [2.45, 2.75) is 0 Å². The highest BCUT2D eigenvalue weighted by molar-refractivity contribution is 6.33. The van der Waals surface area contributed by atoms with Gasteiger partial charge in [0.05, 0.1) is 21.4 Å². The lowest BCUT2D eigenvalue weighted by Gasteiger charge is -2.14. The van der Waals surface area contributed by atoms with Crippen LogP contribution in [0.1, 0.15) is 0 Å². The molecule has 4 nitrogen and oxygen atoms in total. The lowest BCUT2D eigenvalue weighted by molar-refractivity contribution is 1.34. The van der Waals surface area contributed by atoms with Gasteiger partial charge >= 0.3 is 0 Å². The molecule has 0 aliphatic heterocycles. The van der Waals surface area contributed by atoms with Crippen LogP contribution in [0.5, 0.6) is 0 Å². The molecular weight excluding hydrogens is 429 g/mol. The van der Waals surface area contributed by atoms with E-state index >= 15 is 0 Å². The molecule has 152 valence electrons. The van der Waals surface area contributed by atoms with Crippen molar-refractivity contribution in [3.8, 4) is 0 Å². The quantitative estimate of drug-likeness (QED) is 0.251. The molecule has 0 amide bonds. The van der Waals surface area contributed by atoms with E-state index in [1.165, 1.54) is 0 Å². The van der Waals surface area contributed by atoms with Crippen molar-refractivity contribution in [3.05, 3.63) is 105 Å². The summed E-state index contributed by atoms with van der Waals surface area (Å²) >= 11 is 12.7. The van der Waals surface area contributed by atoms with Gasteiger partial charge in [-0.3, -0.25) is 4.79 Å². The predicted octanol–water partition coefficient (Wildman–Crippen LogP) is 7.48. The van der Waals surface area contributed by atoms with Crippen LogP contribution in [0.15, 0.2) is 89.7 Å². The summed E-state index contributed by atoms with van der Waals surface area (Å²) in [4.78, 5) is 15.7. The number of rotatable bonds is 4. The van der Waals surface area contributed by atoms with E-state index in [-0.39, 0.29) is 5.56 Å². The number of aromatic amines is 1. The van der Waals surface area contributed by atoms with E-state index < -0.39 is 0 Å². The lowest BCUT2D eigenvalue weighted by Crippen LogP contribution is -2.07. The van der Waals surface area contributed by atoms with E-state index in [9.17, 15) is 4.79 Å². The Morgan fingerprint density at radius 1 is 0.645 bits per heavy atom. The Bertz CT molecular complexity index is 1490. The average Bonchev–Trinajstić information content (AvgIpc) is 2.77. The fourth-order valence-electron chi connectivity index (χ4n) is 3.69. The van der Waals surface area contributed by atoms with E-state index in [1.54, 1.807) is 0 Å². The summed E-state index contributed by atoms with van der Waals surface area (Å²) in [6, 6.07) is 26.5. The number of nitrogens with one attached hydrogen (secondary N) is 3.